The number of ether oxygens (including phenoxy) is 1. The number of aromatic nitrogens is 1. The minimum absolute atomic E-state index is 0.387. The number of hydrogen-bond acceptors (Lipinski definition) is 4. The predicted molar refractivity (Wildman–Crippen MR) is 85.6 cm³/mol. The van der Waals surface area contributed by atoms with Crippen LogP contribution in [-0.2, 0) is 10.5 Å². The van der Waals surface area contributed by atoms with Crippen LogP contribution in [0.4, 0.5) is 5.69 Å². The molecule has 0 amide bonds. The molecule has 3 N–H and O–H groups in total. The fourth-order valence-corrected chi connectivity index (χ4v) is 3.04. The van der Waals surface area contributed by atoms with Crippen molar-refractivity contribution in [2.45, 2.75) is 45.8 Å². The fourth-order valence-electron chi connectivity index (χ4n) is 3.04. The van der Waals surface area contributed by atoms with Crippen LogP contribution in [0, 0.1) is 5.41 Å². The molecule has 0 radical (unpaired) electrons. The van der Waals surface area contributed by atoms with Gasteiger partial charge in [0.25, 0.3) is 0 Å². The van der Waals surface area contributed by atoms with Crippen LogP contribution in [0.3, 0.4) is 0 Å². The molecule has 0 aromatic carbocycles. The maximum Gasteiger partial charge on any atom is 0.159 e. The van der Waals surface area contributed by atoms with Crippen LogP contribution in [0.15, 0.2) is 18.2 Å². The molecule has 1 atom stereocenters. The van der Waals surface area contributed by atoms with E-state index in [0.29, 0.717) is 5.41 Å². The molecule has 1 aromatic rings. The minimum atomic E-state index is -0.489. The van der Waals surface area contributed by atoms with Crippen molar-refractivity contribution in [3.8, 4) is 0 Å². The van der Waals surface area contributed by atoms with Crippen LogP contribution < -0.4 is 11.1 Å². The van der Waals surface area contributed by atoms with Crippen LogP contribution in [-0.4, -0.2) is 18.1 Å². The summed E-state index contributed by atoms with van der Waals surface area (Å²) in [6.45, 7) is 8.22. The van der Waals surface area contributed by atoms with E-state index in [4.69, 9.17) is 15.5 Å². The van der Waals surface area contributed by atoms with Gasteiger partial charge in [-0.15, -0.1) is 0 Å². The Morgan fingerprint density at radius 2 is 2.10 bits per heavy atom. The highest BCUT2D eigenvalue weighted by Gasteiger charge is 2.33. The van der Waals surface area contributed by atoms with Gasteiger partial charge >= 0.3 is 0 Å². The minimum Gasteiger partial charge on any atom is -0.397 e. The van der Waals surface area contributed by atoms with Gasteiger partial charge in [0, 0.05) is 6.54 Å². The van der Waals surface area contributed by atoms with Crippen molar-refractivity contribution < 1.29 is 4.74 Å². The topological polar surface area (TPSA) is 60.2 Å². The molecule has 1 fully saturated rings. The van der Waals surface area contributed by atoms with Crippen LogP contribution in [0.5, 0.6) is 0 Å². The first kappa shape index (κ1) is 14.5. The monoisotopic (exact) mass is 287 g/mol. The third-order valence-corrected chi connectivity index (χ3v) is 4.65. The molecule has 0 spiro atoms. The Kier molecular flexibility index (Phi) is 3.54. The molecule has 1 aliphatic carbocycles. The average Bonchev–Trinajstić information content (AvgIpc) is 2.88. The van der Waals surface area contributed by atoms with Gasteiger partial charge in [-0.2, -0.15) is 0 Å². The second-order valence-electron chi connectivity index (χ2n) is 7.04. The Bertz CT molecular complexity index is 571. The van der Waals surface area contributed by atoms with E-state index >= 15 is 0 Å². The van der Waals surface area contributed by atoms with Gasteiger partial charge in [-0.1, -0.05) is 19.9 Å². The van der Waals surface area contributed by atoms with Gasteiger partial charge in [-0.05, 0) is 49.3 Å². The number of pyridine rings is 1. The number of nitrogen functional groups attached to an aromatic ring is 1. The smallest absolute Gasteiger partial charge is 0.159 e. The summed E-state index contributed by atoms with van der Waals surface area (Å²) in [5, 5.41) is 3.37. The summed E-state index contributed by atoms with van der Waals surface area (Å²) in [6.07, 6.45) is 5.60. The maximum atomic E-state index is 6.17. The first-order valence-corrected chi connectivity index (χ1v) is 7.75. The molecule has 1 unspecified atom stereocenters. The number of anilines is 1. The van der Waals surface area contributed by atoms with E-state index in [1.807, 2.05) is 19.1 Å². The second kappa shape index (κ2) is 5.11. The standard InChI is InChI=1S/C17H25N3O/c1-16(2)8-6-12(7-9-16)15-13(18)4-5-14(20-15)17(3)19-10-11-21-17/h4-6,19H,7-11,18H2,1-3H3. The number of nitrogens with zero attached hydrogens (tertiary/aromatic N) is 1. The van der Waals surface area contributed by atoms with E-state index < -0.39 is 5.72 Å². The SMILES string of the molecule is CC1(C)CC=C(c2nc(C3(C)NCCO3)ccc2N)CC1. The molecule has 21 heavy (non-hydrogen) atoms. The van der Waals surface area contributed by atoms with Crippen LogP contribution >= 0.6 is 0 Å². The molecule has 0 saturated carbocycles. The van der Waals surface area contributed by atoms with Crippen molar-refractivity contribution in [2.24, 2.45) is 5.41 Å². The number of rotatable bonds is 2. The van der Waals surface area contributed by atoms with Crippen molar-refractivity contribution in [1.82, 2.24) is 10.3 Å². The predicted octanol–water partition coefficient (Wildman–Crippen LogP) is 3.05. The Morgan fingerprint density at radius 1 is 1.29 bits per heavy atom. The van der Waals surface area contributed by atoms with Gasteiger partial charge in [0.05, 0.1) is 23.7 Å². The summed E-state index contributed by atoms with van der Waals surface area (Å²) in [5.74, 6) is 0. The maximum absolute atomic E-state index is 6.17. The van der Waals surface area contributed by atoms with E-state index in [-0.39, 0.29) is 0 Å². The summed E-state index contributed by atoms with van der Waals surface area (Å²) < 4.78 is 5.81. The van der Waals surface area contributed by atoms with Gasteiger partial charge in [0.1, 0.15) is 0 Å². The zero-order valence-electron chi connectivity index (χ0n) is 13.2. The first-order valence-electron chi connectivity index (χ1n) is 7.75. The average molecular weight is 287 g/mol. The Balaban J connectivity index is 1.94. The van der Waals surface area contributed by atoms with Crippen molar-refractivity contribution in [2.75, 3.05) is 18.9 Å². The first-order chi connectivity index (χ1) is 9.90. The second-order valence-corrected chi connectivity index (χ2v) is 7.04. The molecular formula is C17H25N3O. The Hall–Kier alpha value is -1.39. The van der Waals surface area contributed by atoms with Crippen molar-refractivity contribution in [1.29, 1.82) is 0 Å². The van der Waals surface area contributed by atoms with E-state index in [2.05, 4.69) is 25.2 Å². The molecule has 114 valence electrons. The van der Waals surface area contributed by atoms with Crippen molar-refractivity contribution in [3.63, 3.8) is 0 Å². The molecule has 3 rings (SSSR count). The van der Waals surface area contributed by atoms with Gasteiger partial charge in [0.15, 0.2) is 5.72 Å². The van der Waals surface area contributed by atoms with Crippen LogP contribution in [0.25, 0.3) is 5.57 Å². The molecule has 4 nitrogen and oxygen atoms in total. The van der Waals surface area contributed by atoms with Gasteiger partial charge in [-0.25, -0.2) is 4.98 Å². The number of hydrogen-bond donors (Lipinski definition) is 2. The highest BCUT2D eigenvalue weighted by atomic mass is 16.5. The number of nitrogens with one attached hydrogen (secondary N) is 1. The lowest BCUT2D eigenvalue weighted by Crippen LogP contribution is -2.35. The lowest BCUT2D eigenvalue weighted by molar-refractivity contribution is -0.00121. The van der Waals surface area contributed by atoms with E-state index in [0.717, 1.165) is 43.1 Å². The lowest BCUT2D eigenvalue weighted by Gasteiger charge is -2.29. The molecular weight excluding hydrogens is 262 g/mol. The van der Waals surface area contributed by atoms with E-state index in [1.54, 1.807) is 0 Å². The van der Waals surface area contributed by atoms with Gasteiger partial charge < -0.3 is 10.5 Å². The molecule has 1 aliphatic heterocycles. The third kappa shape index (κ3) is 2.83. The van der Waals surface area contributed by atoms with Gasteiger partial charge in [0.2, 0.25) is 0 Å². The normalized spacial score (nSPS) is 28.4. The molecule has 2 heterocycles. The van der Waals surface area contributed by atoms with Crippen molar-refractivity contribution >= 4 is 11.3 Å². The largest absolute Gasteiger partial charge is 0.397 e. The van der Waals surface area contributed by atoms with E-state index in [9.17, 15) is 0 Å². The van der Waals surface area contributed by atoms with Crippen LogP contribution in [0.1, 0.15) is 51.4 Å². The molecule has 2 aliphatic rings. The van der Waals surface area contributed by atoms with Gasteiger partial charge in [-0.3, -0.25) is 5.32 Å². The Morgan fingerprint density at radius 3 is 2.71 bits per heavy atom. The number of nitrogens with two attached hydrogens (primary N) is 1. The zero-order valence-corrected chi connectivity index (χ0v) is 13.2. The highest BCUT2D eigenvalue weighted by Crippen LogP contribution is 2.39. The summed E-state index contributed by atoms with van der Waals surface area (Å²) in [7, 11) is 0. The molecule has 1 saturated heterocycles. The lowest BCUT2D eigenvalue weighted by atomic mass is 9.77. The molecule has 0 bridgehead atoms. The third-order valence-electron chi connectivity index (χ3n) is 4.65. The molecule has 4 heteroatoms. The number of allylic oxidation sites excluding steroid dienone is 2. The van der Waals surface area contributed by atoms with Crippen molar-refractivity contribution in [3.05, 3.63) is 29.6 Å². The quantitative estimate of drug-likeness (QED) is 0.877. The summed E-state index contributed by atoms with van der Waals surface area (Å²) in [4.78, 5) is 4.82. The van der Waals surface area contributed by atoms with E-state index in [1.165, 1.54) is 12.0 Å². The summed E-state index contributed by atoms with van der Waals surface area (Å²) >= 11 is 0. The summed E-state index contributed by atoms with van der Waals surface area (Å²) in [5.41, 5.74) is 9.94. The van der Waals surface area contributed by atoms with Crippen LogP contribution in [0.2, 0.25) is 0 Å². The fraction of sp³-hybridized carbons (Fsp3) is 0.588. The summed E-state index contributed by atoms with van der Waals surface area (Å²) in [6, 6.07) is 3.91. The highest BCUT2D eigenvalue weighted by molar-refractivity contribution is 5.72. The zero-order chi connectivity index (χ0) is 15.1. The molecule has 1 aromatic heterocycles. The Labute approximate surface area is 126 Å².